The van der Waals surface area contributed by atoms with E-state index in [9.17, 15) is 0 Å². The molecule has 2 aromatic heterocycles. The normalized spacial score (nSPS) is 10.7. The van der Waals surface area contributed by atoms with E-state index in [2.05, 4.69) is 20.2 Å². The van der Waals surface area contributed by atoms with Gasteiger partial charge in [0.1, 0.15) is 10.9 Å². The molecule has 0 atom stereocenters. The van der Waals surface area contributed by atoms with E-state index in [1.54, 1.807) is 12.4 Å². The van der Waals surface area contributed by atoms with Crippen molar-refractivity contribution in [3.63, 3.8) is 0 Å². The van der Waals surface area contributed by atoms with Crippen LogP contribution in [0.5, 0.6) is 0 Å². The fourth-order valence-corrected chi connectivity index (χ4v) is 1.82. The van der Waals surface area contributed by atoms with Crippen LogP contribution in [-0.2, 0) is 13.6 Å². The molecule has 0 fully saturated rings. The maximum atomic E-state index is 5.44. The number of aromatic nitrogens is 5. The summed E-state index contributed by atoms with van der Waals surface area (Å²) in [5, 5.41) is 9.59. The third-order valence-corrected chi connectivity index (χ3v) is 3.10. The maximum absolute atomic E-state index is 5.44. The average Bonchev–Trinajstić information content (AvgIpc) is 2.62. The third-order valence-electron chi connectivity index (χ3n) is 2.14. The Morgan fingerprint density at radius 2 is 2.12 bits per heavy atom. The SMILES string of the molecule is Cc1nnc(Sc2cnc(CN)cn2)n1C. The molecule has 0 aliphatic rings. The summed E-state index contributed by atoms with van der Waals surface area (Å²) in [5.74, 6) is 0.869. The molecule has 0 amide bonds. The van der Waals surface area contributed by atoms with Gasteiger partial charge in [-0.25, -0.2) is 4.98 Å². The first kappa shape index (κ1) is 11.0. The van der Waals surface area contributed by atoms with Gasteiger partial charge in [-0.3, -0.25) is 4.98 Å². The molecule has 0 spiro atoms. The van der Waals surface area contributed by atoms with Gasteiger partial charge in [0.15, 0.2) is 5.16 Å². The largest absolute Gasteiger partial charge is 0.325 e. The Kier molecular flexibility index (Phi) is 3.16. The molecule has 0 aromatic carbocycles. The zero-order valence-corrected chi connectivity index (χ0v) is 9.90. The van der Waals surface area contributed by atoms with E-state index in [1.807, 2.05) is 18.5 Å². The van der Waals surface area contributed by atoms with Crippen LogP contribution in [0, 0.1) is 6.92 Å². The van der Waals surface area contributed by atoms with Gasteiger partial charge in [-0.1, -0.05) is 0 Å². The second-order valence-electron chi connectivity index (χ2n) is 3.24. The van der Waals surface area contributed by atoms with Gasteiger partial charge < -0.3 is 10.3 Å². The number of hydrogen-bond donors (Lipinski definition) is 1. The summed E-state index contributed by atoms with van der Waals surface area (Å²) in [6, 6.07) is 0. The van der Waals surface area contributed by atoms with Crippen LogP contribution in [0.4, 0.5) is 0 Å². The predicted octanol–water partition coefficient (Wildman–Crippen LogP) is 0.523. The van der Waals surface area contributed by atoms with Crippen LogP contribution in [0.25, 0.3) is 0 Å². The van der Waals surface area contributed by atoms with Crippen molar-refractivity contribution in [2.75, 3.05) is 0 Å². The highest BCUT2D eigenvalue weighted by atomic mass is 32.2. The standard InChI is InChI=1S/C9H12N6S/c1-6-13-14-9(15(6)2)16-8-5-11-7(3-10)4-12-8/h4-5H,3,10H2,1-2H3. The molecule has 0 saturated carbocycles. The van der Waals surface area contributed by atoms with Gasteiger partial charge in [-0.15, -0.1) is 10.2 Å². The molecule has 0 aliphatic heterocycles. The van der Waals surface area contributed by atoms with Gasteiger partial charge in [0.05, 0.1) is 18.1 Å². The Balaban J connectivity index is 2.17. The van der Waals surface area contributed by atoms with Crippen LogP contribution in [0.3, 0.4) is 0 Å². The van der Waals surface area contributed by atoms with Crippen molar-refractivity contribution in [3.05, 3.63) is 23.9 Å². The van der Waals surface area contributed by atoms with Crippen molar-refractivity contribution in [3.8, 4) is 0 Å². The minimum absolute atomic E-state index is 0.404. The van der Waals surface area contributed by atoms with E-state index in [0.29, 0.717) is 6.54 Å². The highest BCUT2D eigenvalue weighted by Crippen LogP contribution is 2.22. The Labute approximate surface area is 97.3 Å². The molecule has 84 valence electrons. The number of nitrogens with zero attached hydrogens (tertiary/aromatic N) is 5. The number of rotatable bonds is 3. The van der Waals surface area contributed by atoms with Crippen LogP contribution >= 0.6 is 11.8 Å². The van der Waals surface area contributed by atoms with Gasteiger partial charge >= 0.3 is 0 Å². The van der Waals surface area contributed by atoms with Crippen molar-refractivity contribution in [1.29, 1.82) is 0 Å². The van der Waals surface area contributed by atoms with Crippen molar-refractivity contribution in [2.24, 2.45) is 12.8 Å². The summed E-state index contributed by atoms with van der Waals surface area (Å²) in [4.78, 5) is 8.40. The average molecular weight is 236 g/mol. The van der Waals surface area contributed by atoms with E-state index >= 15 is 0 Å². The van der Waals surface area contributed by atoms with Crippen molar-refractivity contribution in [2.45, 2.75) is 23.7 Å². The molecule has 0 radical (unpaired) electrons. The summed E-state index contributed by atoms with van der Waals surface area (Å²) in [7, 11) is 1.92. The van der Waals surface area contributed by atoms with Gasteiger partial charge in [-0.2, -0.15) is 0 Å². The first-order chi connectivity index (χ1) is 7.70. The summed E-state index contributed by atoms with van der Waals surface area (Å²) < 4.78 is 1.91. The fraction of sp³-hybridized carbons (Fsp3) is 0.333. The molecule has 6 nitrogen and oxygen atoms in total. The lowest BCUT2D eigenvalue weighted by atomic mass is 10.5. The van der Waals surface area contributed by atoms with Crippen LogP contribution in [0.1, 0.15) is 11.5 Å². The summed E-state index contributed by atoms with van der Waals surface area (Å²) in [6.07, 6.45) is 3.36. The first-order valence-corrected chi connectivity index (χ1v) is 5.57. The lowest BCUT2D eigenvalue weighted by molar-refractivity contribution is 0.764. The van der Waals surface area contributed by atoms with Crippen molar-refractivity contribution >= 4 is 11.8 Å². The molecule has 0 aliphatic carbocycles. The van der Waals surface area contributed by atoms with Gasteiger partial charge in [0.25, 0.3) is 0 Å². The predicted molar refractivity (Wildman–Crippen MR) is 59.8 cm³/mol. The first-order valence-electron chi connectivity index (χ1n) is 4.75. The van der Waals surface area contributed by atoms with E-state index < -0.39 is 0 Å². The second kappa shape index (κ2) is 4.58. The zero-order valence-electron chi connectivity index (χ0n) is 9.08. The Morgan fingerprint density at radius 3 is 2.62 bits per heavy atom. The summed E-state index contributed by atoms with van der Waals surface area (Å²) in [6.45, 7) is 2.31. The third kappa shape index (κ3) is 2.20. The van der Waals surface area contributed by atoms with Crippen molar-refractivity contribution in [1.82, 2.24) is 24.7 Å². The number of nitrogens with two attached hydrogens (primary N) is 1. The summed E-state index contributed by atoms with van der Waals surface area (Å²) in [5.41, 5.74) is 6.22. The minimum atomic E-state index is 0.404. The second-order valence-corrected chi connectivity index (χ2v) is 4.23. The molecule has 7 heteroatoms. The highest BCUT2D eigenvalue weighted by Gasteiger charge is 2.07. The number of hydrogen-bond acceptors (Lipinski definition) is 6. The lowest BCUT2D eigenvalue weighted by Crippen LogP contribution is -2.00. The zero-order chi connectivity index (χ0) is 11.5. The van der Waals surface area contributed by atoms with Gasteiger partial charge in [0, 0.05) is 13.6 Å². The molecule has 16 heavy (non-hydrogen) atoms. The fourth-order valence-electron chi connectivity index (χ4n) is 1.07. The molecule has 2 heterocycles. The van der Waals surface area contributed by atoms with E-state index in [-0.39, 0.29) is 0 Å². The Bertz CT molecular complexity index is 477. The topological polar surface area (TPSA) is 82.5 Å². The monoisotopic (exact) mass is 236 g/mol. The molecule has 2 rings (SSSR count). The van der Waals surface area contributed by atoms with Gasteiger partial charge in [0.2, 0.25) is 0 Å². The molecular weight excluding hydrogens is 224 g/mol. The lowest BCUT2D eigenvalue weighted by Gasteiger charge is -2.01. The van der Waals surface area contributed by atoms with Crippen LogP contribution < -0.4 is 5.73 Å². The smallest absolute Gasteiger partial charge is 0.197 e. The van der Waals surface area contributed by atoms with Gasteiger partial charge in [-0.05, 0) is 18.7 Å². The summed E-state index contributed by atoms with van der Waals surface area (Å²) >= 11 is 1.43. The van der Waals surface area contributed by atoms with E-state index in [1.165, 1.54) is 11.8 Å². The molecule has 0 bridgehead atoms. The molecular formula is C9H12N6S. The highest BCUT2D eigenvalue weighted by molar-refractivity contribution is 7.99. The quantitative estimate of drug-likeness (QED) is 0.836. The Morgan fingerprint density at radius 1 is 1.31 bits per heavy atom. The van der Waals surface area contributed by atoms with Crippen LogP contribution in [0.2, 0.25) is 0 Å². The van der Waals surface area contributed by atoms with Crippen molar-refractivity contribution < 1.29 is 0 Å². The number of aryl methyl sites for hydroxylation is 1. The molecule has 0 unspecified atom stereocenters. The van der Waals surface area contributed by atoms with Crippen LogP contribution in [-0.4, -0.2) is 24.7 Å². The van der Waals surface area contributed by atoms with Crippen LogP contribution in [0.15, 0.2) is 22.6 Å². The maximum Gasteiger partial charge on any atom is 0.197 e. The minimum Gasteiger partial charge on any atom is -0.325 e. The molecule has 2 aromatic rings. The molecule has 0 saturated heterocycles. The molecule has 2 N–H and O–H groups in total. The van der Waals surface area contributed by atoms with E-state index in [0.717, 1.165) is 21.7 Å². The Hall–Kier alpha value is -1.47. The van der Waals surface area contributed by atoms with E-state index in [4.69, 9.17) is 5.73 Å².